The molecule has 0 amide bonds. The zero-order valence-electron chi connectivity index (χ0n) is 10.7. The highest BCUT2D eigenvalue weighted by atomic mass is 16.6. The van der Waals surface area contributed by atoms with Gasteiger partial charge in [0.15, 0.2) is 0 Å². The van der Waals surface area contributed by atoms with E-state index in [-0.39, 0.29) is 12.0 Å². The zero-order valence-corrected chi connectivity index (χ0v) is 10.7. The summed E-state index contributed by atoms with van der Waals surface area (Å²) in [5, 5.41) is 9.64. The van der Waals surface area contributed by atoms with Crippen LogP contribution in [0, 0.1) is 17.3 Å². The third-order valence-electron chi connectivity index (χ3n) is 5.68. The van der Waals surface area contributed by atoms with Crippen LogP contribution in [0.2, 0.25) is 0 Å². The highest BCUT2D eigenvalue weighted by Gasteiger charge is 2.65. The second-order valence-corrected chi connectivity index (χ2v) is 6.66. The third kappa shape index (κ3) is 1.42. The molecule has 4 heteroatoms. The summed E-state index contributed by atoms with van der Waals surface area (Å²) in [5.41, 5.74) is -0.615. The van der Waals surface area contributed by atoms with Crippen LogP contribution >= 0.6 is 0 Å². The van der Waals surface area contributed by atoms with Crippen LogP contribution in [0.3, 0.4) is 0 Å². The van der Waals surface area contributed by atoms with Crippen molar-refractivity contribution >= 4 is 5.97 Å². The van der Waals surface area contributed by atoms with E-state index in [0.717, 1.165) is 25.7 Å². The average molecular weight is 252 g/mol. The fourth-order valence-corrected chi connectivity index (χ4v) is 4.51. The second kappa shape index (κ2) is 3.48. The number of hydrogen-bond donors (Lipinski definition) is 1. The van der Waals surface area contributed by atoms with Gasteiger partial charge < -0.3 is 14.6 Å². The number of aliphatic carboxylic acids is 1. The van der Waals surface area contributed by atoms with Gasteiger partial charge in [0, 0.05) is 5.92 Å². The van der Waals surface area contributed by atoms with Gasteiger partial charge in [0.05, 0.1) is 29.8 Å². The first-order valence-electron chi connectivity index (χ1n) is 7.15. The SMILES string of the molecule is CC1(C(=O)O)CCC2OC2C1C1CCCC2OC21. The molecular formula is C14H20O4. The molecule has 0 aromatic heterocycles. The molecule has 2 saturated heterocycles. The van der Waals surface area contributed by atoms with Gasteiger partial charge in [-0.2, -0.15) is 0 Å². The molecule has 2 aliphatic heterocycles. The number of carbonyl (C=O) groups is 1. The van der Waals surface area contributed by atoms with Gasteiger partial charge in [-0.25, -0.2) is 0 Å². The van der Waals surface area contributed by atoms with Gasteiger partial charge in [0.25, 0.3) is 0 Å². The summed E-state index contributed by atoms with van der Waals surface area (Å²) < 4.78 is 11.5. The summed E-state index contributed by atoms with van der Waals surface area (Å²) in [6, 6.07) is 0. The number of hydrogen-bond acceptors (Lipinski definition) is 3. The van der Waals surface area contributed by atoms with Crippen LogP contribution in [-0.4, -0.2) is 35.5 Å². The Balaban J connectivity index is 1.65. The first-order chi connectivity index (χ1) is 8.61. The topological polar surface area (TPSA) is 62.4 Å². The summed E-state index contributed by atoms with van der Waals surface area (Å²) in [6.45, 7) is 1.92. The predicted molar refractivity (Wildman–Crippen MR) is 63.1 cm³/mol. The molecule has 18 heavy (non-hydrogen) atoms. The Labute approximate surface area is 107 Å². The quantitative estimate of drug-likeness (QED) is 0.761. The Morgan fingerprint density at radius 1 is 1.17 bits per heavy atom. The van der Waals surface area contributed by atoms with E-state index in [9.17, 15) is 9.90 Å². The molecule has 2 saturated carbocycles. The van der Waals surface area contributed by atoms with Crippen LogP contribution in [0.15, 0.2) is 0 Å². The van der Waals surface area contributed by atoms with Gasteiger partial charge in [-0.1, -0.05) is 6.42 Å². The molecule has 4 fully saturated rings. The van der Waals surface area contributed by atoms with Gasteiger partial charge in [-0.05, 0) is 38.5 Å². The average Bonchev–Trinajstić information content (AvgIpc) is 3.21. The van der Waals surface area contributed by atoms with Crippen LogP contribution in [0.4, 0.5) is 0 Å². The normalized spacial score (nSPS) is 57.4. The molecule has 0 aromatic rings. The minimum absolute atomic E-state index is 0.157. The summed E-state index contributed by atoms with van der Waals surface area (Å²) in [6.07, 6.45) is 6.37. The molecule has 2 aliphatic carbocycles. The lowest BCUT2D eigenvalue weighted by molar-refractivity contribution is -0.155. The molecule has 4 rings (SSSR count). The maximum absolute atomic E-state index is 11.7. The largest absolute Gasteiger partial charge is 0.481 e. The first kappa shape index (κ1) is 11.2. The molecule has 0 bridgehead atoms. The van der Waals surface area contributed by atoms with Crippen molar-refractivity contribution < 1.29 is 19.4 Å². The fourth-order valence-electron chi connectivity index (χ4n) is 4.51. The Morgan fingerprint density at radius 3 is 2.67 bits per heavy atom. The highest BCUT2D eigenvalue weighted by Crippen LogP contribution is 2.58. The van der Waals surface area contributed by atoms with E-state index in [1.165, 1.54) is 6.42 Å². The van der Waals surface area contributed by atoms with Crippen molar-refractivity contribution in [2.75, 3.05) is 0 Å². The molecule has 2 heterocycles. The van der Waals surface area contributed by atoms with Gasteiger partial charge in [0.2, 0.25) is 0 Å². The molecule has 100 valence electrons. The highest BCUT2D eigenvalue weighted by molar-refractivity contribution is 5.75. The smallest absolute Gasteiger partial charge is 0.309 e. The fraction of sp³-hybridized carbons (Fsp3) is 0.929. The van der Waals surface area contributed by atoms with Crippen molar-refractivity contribution in [2.24, 2.45) is 17.3 Å². The van der Waals surface area contributed by atoms with Crippen molar-refractivity contribution in [3.8, 4) is 0 Å². The lowest BCUT2D eigenvalue weighted by Crippen LogP contribution is -2.48. The maximum atomic E-state index is 11.7. The second-order valence-electron chi connectivity index (χ2n) is 6.66. The van der Waals surface area contributed by atoms with Crippen LogP contribution < -0.4 is 0 Å². The van der Waals surface area contributed by atoms with Gasteiger partial charge >= 0.3 is 5.97 Å². The van der Waals surface area contributed by atoms with Crippen LogP contribution in [0.1, 0.15) is 39.0 Å². The Hall–Kier alpha value is -0.610. The third-order valence-corrected chi connectivity index (χ3v) is 5.68. The Morgan fingerprint density at radius 2 is 1.89 bits per heavy atom. The lowest BCUT2D eigenvalue weighted by Gasteiger charge is -2.41. The van der Waals surface area contributed by atoms with E-state index < -0.39 is 11.4 Å². The first-order valence-corrected chi connectivity index (χ1v) is 7.15. The van der Waals surface area contributed by atoms with E-state index >= 15 is 0 Å². The van der Waals surface area contributed by atoms with Crippen LogP contribution in [-0.2, 0) is 14.3 Å². The summed E-state index contributed by atoms with van der Waals surface area (Å²) >= 11 is 0. The molecule has 0 radical (unpaired) electrons. The summed E-state index contributed by atoms with van der Waals surface area (Å²) in [5.74, 6) is -0.0894. The number of ether oxygens (including phenoxy) is 2. The Bertz CT molecular complexity index is 395. The predicted octanol–water partition coefficient (Wildman–Crippen LogP) is 1.82. The van der Waals surface area contributed by atoms with Crippen molar-refractivity contribution in [3.63, 3.8) is 0 Å². The van der Waals surface area contributed by atoms with Crippen LogP contribution in [0.5, 0.6) is 0 Å². The van der Waals surface area contributed by atoms with Crippen molar-refractivity contribution in [2.45, 2.75) is 63.4 Å². The van der Waals surface area contributed by atoms with E-state index in [2.05, 4.69) is 0 Å². The number of carboxylic acid groups (broad SMARTS) is 1. The van der Waals surface area contributed by atoms with Crippen LogP contribution in [0.25, 0.3) is 0 Å². The summed E-state index contributed by atoms with van der Waals surface area (Å²) in [7, 11) is 0. The van der Waals surface area contributed by atoms with E-state index in [0.29, 0.717) is 24.2 Å². The molecule has 0 aromatic carbocycles. The molecule has 0 spiro atoms. The minimum Gasteiger partial charge on any atom is -0.481 e. The monoisotopic (exact) mass is 252 g/mol. The van der Waals surface area contributed by atoms with E-state index in [1.54, 1.807) is 0 Å². The zero-order chi connectivity index (χ0) is 12.5. The molecule has 7 atom stereocenters. The minimum atomic E-state index is -0.649. The van der Waals surface area contributed by atoms with Gasteiger partial charge in [0.1, 0.15) is 0 Å². The van der Waals surface area contributed by atoms with Crippen molar-refractivity contribution in [1.29, 1.82) is 0 Å². The number of epoxide rings is 2. The van der Waals surface area contributed by atoms with Gasteiger partial charge in [-0.3, -0.25) is 4.79 Å². The van der Waals surface area contributed by atoms with E-state index in [1.807, 2.05) is 6.92 Å². The van der Waals surface area contributed by atoms with Gasteiger partial charge in [-0.15, -0.1) is 0 Å². The van der Waals surface area contributed by atoms with Crippen molar-refractivity contribution in [3.05, 3.63) is 0 Å². The molecule has 7 unspecified atom stereocenters. The molecular weight excluding hydrogens is 232 g/mol. The standard InChI is InChI=1S/C14H20O4/c1-14(13(15)16)6-5-9-12(18-9)10(14)7-3-2-4-8-11(7)17-8/h7-12H,2-6H2,1H3,(H,15,16). The number of carboxylic acids is 1. The molecule has 1 N–H and O–H groups in total. The van der Waals surface area contributed by atoms with Crippen molar-refractivity contribution in [1.82, 2.24) is 0 Å². The number of rotatable bonds is 2. The molecule has 4 aliphatic rings. The molecule has 4 nitrogen and oxygen atoms in total. The Kier molecular flexibility index (Phi) is 2.17. The number of fused-ring (bicyclic) bond motifs is 2. The lowest BCUT2D eigenvalue weighted by atomic mass is 9.60. The summed E-state index contributed by atoms with van der Waals surface area (Å²) in [4.78, 5) is 11.7. The van der Waals surface area contributed by atoms with E-state index in [4.69, 9.17) is 9.47 Å². The maximum Gasteiger partial charge on any atom is 0.309 e.